The van der Waals surface area contributed by atoms with Crippen LogP contribution in [0.1, 0.15) is 12.5 Å². The number of nitrogens with zero attached hydrogens (tertiary/aromatic N) is 5. The summed E-state index contributed by atoms with van der Waals surface area (Å²) in [7, 11) is -4.36. The fourth-order valence-corrected chi connectivity index (χ4v) is 5.97. The Kier molecular flexibility index (Phi) is 10.7. The molecule has 1 atom stereocenters. The number of hydrogen-bond acceptors (Lipinski definition) is 12. The lowest BCUT2D eigenvalue weighted by molar-refractivity contribution is -0.120. The van der Waals surface area contributed by atoms with Gasteiger partial charge in [0.15, 0.2) is 6.04 Å². The van der Waals surface area contributed by atoms with E-state index in [4.69, 9.17) is 15.3 Å². The zero-order valence-electron chi connectivity index (χ0n) is 21.4. The van der Waals surface area contributed by atoms with Crippen molar-refractivity contribution in [2.75, 3.05) is 39.5 Å². The number of fused-ring (bicyclic) bond motifs is 1. The van der Waals surface area contributed by atoms with Crippen LogP contribution in [0.4, 0.5) is 5.69 Å². The van der Waals surface area contributed by atoms with Gasteiger partial charge >= 0.3 is 0 Å². The second-order valence-electron chi connectivity index (χ2n) is 8.46. The minimum absolute atomic E-state index is 0.0694. The topological polar surface area (TPSA) is 197 Å². The van der Waals surface area contributed by atoms with E-state index in [1.165, 1.54) is 11.3 Å². The number of aromatic nitrogens is 1. The third-order valence-electron chi connectivity index (χ3n) is 5.61. The molecule has 0 saturated heterocycles. The maximum absolute atomic E-state index is 11.8. The molecule has 1 amide bonds. The van der Waals surface area contributed by atoms with E-state index in [9.17, 15) is 17.8 Å². The summed E-state index contributed by atoms with van der Waals surface area (Å²) in [5.74, 6) is -0.317. The van der Waals surface area contributed by atoms with Crippen molar-refractivity contribution in [1.29, 1.82) is 0 Å². The highest BCUT2D eigenvalue weighted by molar-refractivity contribution is 7.86. The molecule has 13 nitrogen and oxygen atoms in total. The van der Waals surface area contributed by atoms with Crippen molar-refractivity contribution in [2.24, 2.45) is 15.3 Å². The van der Waals surface area contributed by atoms with Crippen molar-refractivity contribution in [2.45, 2.75) is 24.8 Å². The standard InChI is InChI=1S/C18H15N5O4S2.C6H15NO3/c1-9-3-8-13-15(16(9)29(25,26)27)28-18(19-13)11-4-6-12(7-5-11)21-22-14-10(2)20-23-17(14)24;8-4-1-7(2-5-9)3-6-10/h3-8,14H,1-2H3,(H,23,24)(H,25,26,27);8-10H,1-6H2. The first-order valence-corrected chi connectivity index (χ1v) is 14.1. The van der Waals surface area contributed by atoms with E-state index < -0.39 is 16.2 Å². The average molecular weight is 579 g/mol. The number of benzene rings is 2. The van der Waals surface area contributed by atoms with Crippen LogP contribution in [0, 0.1) is 6.92 Å². The highest BCUT2D eigenvalue weighted by Gasteiger charge is 2.26. The zero-order chi connectivity index (χ0) is 28.6. The summed E-state index contributed by atoms with van der Waals surface area (Å²) in [5, 5.41) is 38.0. The van der Waals surface area contributed by atoms with E-state index in [1.54, 1.807) is 55.1 Å². The second kappa shape index (κ2) is 13.7. The maximum atomic E-state index is 11.8. The van der Waals surface area contributed by atoms with E-state index in [0.717, 1.165) is 5.56 Å². The molecule has 1 aromatic heterocycles. The SMILES string of the molecule is CC1=NNC(=O)C1N=Nc1ccc(-c2nc3ccc(C)c(S(=O)(=O)O)c3s2)cc1.OCCN(CCO)CCO. The van der Waals surface area contributed by atoms with Crippen molar-refractivity contribution < 1.29 is 33.1 Å². The van der Waals surface area contributed by atoms with Crippen LogP contribution in [0.2, 0.25) is 0 Å². The quantitative estimate of drug-likeness (QED) is 0.176. The number of rotatable bonds is 10. The minimum atomic E-state index is -4.36. The molecule has 1 aliphatic heterocycles. The van der Waals surface area contributed by atoms with Gasteiger partial charge in [-0.05, 0) is 49.7 Å². The molecular formula is C24H30N6O7S2. The molecule has 2 heterocycles. The summed E-state index contributed by atoms with van der Waals surface area (Å²) >= 11 is 1.19. The highest BCUT2D eigenvalue weighted by atomic mass is 32.2. The first-order valence-electron chi connectivity index (χ1n) is 11.9. The largest absolute Gasteiger partial charge is 0.395 e. The normalized spacial score (nSPS) is 15.5. The molecule has 1 unspecified atom stereocenters. The van der Waals surface area contributed by atoms with Crippen molar-refractivity contribution >= 4 is 49.0 Å². The molecule has 3 aromatic rings. The Bertz CT molecular complexity index is 1440. The summed E-state index contributed by atoms with van der Waals surface area (Å²) in [6, 6.07) is 9.62. The number of aliphatic hydroxyl groups is 3. The zero-order valence-corrected chi connectivity index (χ0v) is 23.0. The van der Waals surface area contributed by atoms with E-state index >= 15 is 0 Å². The molecule has 0 fully saturated rings. The third-order valence-corrected chi connectivity index (χ3v) is 7.91. The average Bonchev–Trinajstić information content (AvgIpc) is 3.45. The van der Waals surface area contributed by atoms with E-state index in [-0.39, 0.29) is 30.6 Å². The van der Waals surface area contributed by atoms with Crippen LogP contribution in [-0.2, 0) is 14.9 Å². The first-order chi connectivity index (χ1) is 18.6. The smallest absolute Gasteiger partial charge is 0.296 e. The van der Waals surface area contributed by atoms with E-state index in [0.29, 0.717) is 51.8 Å². The molecule has 0 saturated carbocycles. The number of thiazole rings is 1. The van der Waals surface area contributed by atoms with E-state index in [1.807, 2.05) is 0 Å². The Labute approximate surface area is 229 Å². The van der Waals surface area contributed by atoms with Crippen molar-refractivity contribution in [3.05, 3.63) is 42.0 Å². The molecule has 0 radical (unpaired) electrons. The van der Waals surface area contributed by atoms with Gasteiger partial charge in [-0.2, -0.15) is 23.7 Å². The van der Waals surface area contributed by atoms with Crippen LogP contribution in [0.25, 0.3) is 20.8 Å². The van der Waals surface area contributed by atoms with Gasteiger partial charge in [0, 0.05) is 25.2 Å². The van der Waals surface area contributed by atoms with Gasteiger partial charge in [-0.1, -0.05) is 6.07 Å². The summed E-state index contributed by atoms with van der Waals surface area (Å²) in [4.78, 5) is 17.8. The Morgan fingerprint density at radius 2 is 1.62 bits per heavy atom. The van der Waals surface area contributed by atoms with Gasteiger partial charge in [-0.3, -0.25) is 14.2 Å². The number of hydrogen-bond donors (Lipinski definition) is 5. The summed E-state index contributed by atoms with van der Waals surface area (Å²) in [6.45, 7) is 5.07. The molecule has 5 N–H and O–H groups in total. The number of nitrogens with one attached hydrogen (secondary N) is 1. The second-order valence-corrected chi connectivity index (χ2v) is 10.8. The molecule has 0 aliphatic carbocycles. The summed E-state index contributed by atoms with van der Waals surface area (Å²) in [6.07, 6.45) is 0. The lowest BCUT2D eigenvalue weighted by Crippen LogP contribution is -2.32. The van der Waals surface area contributed by atoms with Gasteiger partial charge in [-0.25, -0.2) is 10.4 Å². The van der Waals surface area contributed by atoms with Gasteiger partial charge in [-0.15, -0.1) is 11.3 Å². The lowest BCUT2D eigenvalue weighted by Gasteiger charge is -2.17. The van der Waals surface area contributed by atoms with Crippen LogP contribution in [0.5, 0.6) is 0 Å². The highest BCUT2D eigenvalue weighted by Crippen LogP contribution is 2.36. The summed E-state index contributed by atoms with van der Waals surface area (Å²) in [5.41, 5.74) is 5.17. The van der Waals surface area contributed by atoms with Crippen molar-refractivity contribution in [1.82, 2.24) is 15.3 Å². The van der Waals surface area contributed by atoms with Crippen LogP contribution in [0.15, 0.2) is 56.6 Å². The Balaban J connectivity index is 0.000000360. The number of aryl methyl sites for hydroxylation is 1. The monoisotopic (exact) mass is 578 g/mol. The Morgan fingerprint density at radius 1 is 1.00 bits per heavy atom. The molecule has 39 heavy (non-hydrogen) atoms. The lowest BCUT2D eigenvalue weighted by atomic mass is 10.2. The Hall–Kier alpha value is -3.18. The fourth-order valence-electron chi connectivity index (χ4n) is 3.66. The molecule has 210 valence electrons. The third kappa shape index (κ3) is 7.92. The molecule has 15 heteroatoms. The fraction of sp³-hybridized carbons (Fsp3) is 0.375. The number of aliphatic hydroxyl groups excluding tert-OH is 3. The number of carbonyl (C=O) groups is 1. The molecule has 0 bridgehead atoms. The van der Waals surface area contributed by atoms with Crippen LogP contribution >= 0.6 is 11.3 Å². The molecule has 0 spiro atoms. The first kappa shape index (κ1) is 30.4. The van der Waals surface area contributed by atoms with Gasteiger partial charge in [0.05, 0.1) is 41.4 Å². The molecule has 2 aromatic carbocycles. The maximum Gasteiger partial charge on any atom is 0.296 e. The number of amides is 1. The Morgan fingerprint density at radius 3 is 2.13 bits per heavy atom. The number of carbonyl (C=O) groups excluding carboxylic acids is 1. The van der Waals surface area contributed by atoms with Crippen molar-refractivity contribution in [3.63, 3.8) is 0 Å². The number of hydrazone groups is 1. The predicted molar refractivity (Wildman–Crippen MR) is 147 cm³/mol. The van der Waals surface area contributed by atoms with Gasteiger partial charge in [0.25, 0.3) is 16.0 Å². The van der Waals surface area contributed by atoms with Gasteiger partial charge in [0.2, 0.25) is 0 Å². The summed E-state index contributed by atoms with van der Waals surface area (Å²) < 4.78 is 33.5. The van der Waals surface area contributed by atoms with Crippen molar-refractivity contribution in [3.8, 4) is 10.6 Å². The molecule has 1 aliphatic rings. The van der Waals surface area contributed by atoms with Crippen LogP contribution in [-0.4, -0.2) is 95.3 Å². The predicted octanol–water partition coefficient (Wildman–Crippen LogP) is 1.74. The van der Waals surface area contributed by atoms with Gasteiger partial charge < -0.3 is 15.3 Å². The molecule has 4 rings (SSSR count). The number of azo groups is 1. The van der Waals surface area contributed by atoms with Gasteiger partial charge in [0.1, 0.15) is 9.90 Å². The van der Waals surface area contributed by atoms with E-state index in [2.05, 4.69) is 25.7 Å². The molecular weight excluding hydrogens is 548 g/mol. The minimum Gasteiger partial charge on any atom is -0.395 e. The van der Waals surface area contributed by atoms with Crippen LogP contribution < -0.4 is 5.43 Å². The van der Waals surface area contributed by atoms with Crippen LogP contribution in [0.3, 0.4) is 0 Å².